The standard InChI is InChI=1S/C14H20N4S/c1-3-18-14(16-11-17-18)9-12(15-2)10-19-13-7-5-4-6-8-13/h4-8,11-12,15H,3,9-10H2,1-2H3. The van der Waals surface area contributed by atoms with Crippen LogP contribution in [0, 0.1) is 0 Å². The normalized spacial score (nSPS) is 12.5. The minimum atomic E-state index is 0.403. The summed E-state index contributed by atoms with van der Waals surface area (Å²) in [6.45, 7) is 2.96. The second-order valence-corrected chi connectivity index (χ2v) is 5.40. The van der Waals surface area contributed by atoms with Crippen LogP contribution in [0.3, 0.4) is 0 Å². The number of hydrogen-bond donors (Lipinski definition) is 1. The average molecular weight is 276 g/mol. The monoisotopic (exact) mass is 276 g/mol. The van der Waals surface area contributed by atoms with Crippen LogP contribution >= 0.6 is 11.8 Å². The van der Waals surface area contributed by atoms with Gasteiger partial charge in [0.15, 0.2) is 0 Å². The molecule has 0 amide bonds. The number of aromatic nitrogens is 3. The molecule has 1 N–H and O–H groups in total. The third-order valence-corrected chi connectivity index (χ3v) is 4.20. The maximum atomic E-state index is 4.33. The predicted molar refractivity (Wildman–Crippen MR) is 79.4 cm³/mol. The summed E-state index contributed by atoms with van der Waals surface area (Å²) in [6, 6.07) is 10.9. The van der Waals surface area contributed by atoms with Gasteiger partial charge >= 0.3 is 0 Å². The number of rotatable bonds is 7. The molecule has 0 aliphatic heterocycles. The molecule has 4 nitrogen and oxygen atoms in total. The molecule has 0 aliphatic rings. The maximum Gasteiger partial charge on any atom is 0.138 e. The van der Waals surface area contributed by atoms with Crippen LogP contribution in [0.25, 0.3) is 0 Å². The molecule has 19 heavy (non-hydrogen) atoms. The first kappa shape index (κ1) is 14.1. The summed E-state index contributed by atoms with van der Waals surface area (Å²) in [5.41, 5.74) is 0. The zero-order chi connectivity index (χ0) is 13.5. The molecule has 0 bridgehead atoms. The largest absolute Gasteiger partial charge is 0.316 e. The second kappa shape index (κ2) is 7.31. The SMILES string of the molecule is CCn1ncnc1CC(CSc1ccccc1)NC. The molecule has 0 aliphatic carbocycles. The molecule has 5 heteroatoms. The van der Waals surface area contributed by atoms with E-state index in [1.807, 2.05) is 29.6 Å². The smallest absolute Gasteiger partial charge is 0.138 e. The molecule has 1 atom stereocenters. The Morgan fingerprint density at radius 1 is 1.32 bits per heavy atom. The molecule has 0 saturated heterocycles. The predicted octanol–water partition coefficient (Wildman–Crippen LogP) is 2.22. The highest BCUT2D eigenvalue weighted by atomic mass is 32.2. The van der Waals surface area contributed by atoms with Crippen LogP contribution in [0.2, 0.25) is 0 Å². The number of nitrogens with zero attached hydrogens (tertiary/aromatic N) is 3. The van der Waals surface area contributed by atoms with Gasteiger partial charge in [0.05, 0.1) is 0 Å². The van der Waals surface area contributed by atoms with E-state index in [-0.39, 0.29) is 0 Å². The van der Waals surface area contributed by atoms with E-state index in [0.29, 0.717) is 6.04 Å². The van der Waals surface area contributed by atoms with Gasteiger partial charge in [-0.3, -0.25) is 4.68 Å². The highest BCUT2D eigenvalue weighted by Gasteiger charge is 2.12. The van der Waals surface area contributed by atoms with E-state index in [0.717, 1.165) is 24.5 Å². The van der Waals surface area contributed by atoms with E-state index >= 15 is 0 Å². The summed E-state index contributed by atoms with van der Waals surface area (Å²) in [6.07, 6.45) is 2.54. The molecule has 2 aromatic rings. The van der Waals surface area contributed by atoms with Gasteiger partial charge in [0, 0.05) is 29.7 Å². The number of thioether (sulfide) groups is 1. The third kappa shape index (κ3) is 4.08. The Balaban J connectivity index is 1.90. The molecule has 1 unspecified atom stereocenters. The number of hydrogen-bond acceptors (Lipinski definition) is 4. The van der Waals surface area contributed by atoms with Crippen LogP contribution in [0.1, 0.15) is 12.7 Å². The van der Waals surface area contributed by atoms with E-state index in [1.54, 1.807) is 6.33 Å². The molecular formula is C14H20N4S. The van der Waals surface area contributed by atoms with E-state index in [2.05, 4.69) is 46.6 Å². The first-order valence-corrected chi connectivity index (χ1v) is 7.53. The van der Waals surface area contributed by atoms with E-state index in [4.69, 9.17) is 0 Å². The van der Waals surface area contributed by atoms with Gasteiger partial charge in [-0.1, -0.05) is 18.2 Å². The quantitative estimate of drug-likeness (QED) is 0.788. The third-order valence-electron chi connectivity index (χ3n) is 3.03. The van der Waals surface area contributed by atoms with Crippen molar-refractivity contribution in [2.45, 2.75) is 30.8 Å². The molecule has 1 aromatic heterocycles. The van der Waals surface area contributed by atoms with E-state index < -0.39 is 0 Å². The van der Waals surface area contributed by atoms with Gasteiger partial charge in [0.2, 0.25) is 0 Å². The number of nitrogens with one attached hydrogen (secondary N) is 1. The van der Waals surface area contributed by atoms with Crippen molar-refractivity contribution in [3.8, 4) is 0 Å². The van der Waals surface area contributed by atoms with Crippen LogP contribution in [-0.2, 0) is 13.0 Å². The topological polar surface area (TPSA) is 42.7 Å². The van der Waals surface area contributed by atoms with Crippen molar-refractivity contribution in [2.24, 2.45) is 0 Å². The van der Waals surface area contributed by atoms with Gasteiger partial charge in [-0.05, 0) is 26.1 Å². The summed E-state index contributed by atoms with van der Waals surface area (Å²) >= 11 is 1.87. The van der Waals surface area contributed by atoms with Gasteiger partial charge in [0.25, 0.3) is 0 Å². The van der Waals surface area contributed by atoms with Crippen molar-refractivity contribution in [1.29, 1.82) is 0 Å². The van der Waals surface area contributed by atoms with Gasteiger partial charge in [-0.15, -0.1) is 11.8 Å². The number of likely N-dealkylation sites (N-methyl/N-ethyl adjacent to an activating group) is 1. The Bertz CT molecular complexity index is 483. The molecular weight excluding hydrogens is 256 g/mol. The van der Waals surface area contributed by atoms with Gasteiger partial charge in [0.1, 0.15) is 12.2 Å². The average Bonchev–Trinajstić information content (AvgIpc) is 2.91. The Kier molecular flexibility index (Phi) is 5.42. The molecule has 1 heterocycles. The summed E-state index contributed by atoms with van der Waals surface area (Å²) < 4.78 is 1.96. The van der Waals surface area contributed by atoms with Crippen molar-refractivity contribution >= 4 is 11.8 Å². The molecule has 0 spiro atoms. The Morgan fingerprint density at radius 3 is 2.79 bits per heavy atom. The first-order chi connectivity index (χ1) is 9.33. The summed E-state index contributed by atoms with van der Waals surface area (Å²) in [5, 5.41) is 7.57. The molecule has 0 fully saturated rings. The summed E-state index contributed by atoms with van der Waals surface area (Å²) in [4.78, 5) is 5.64. The van der Waals surface area contributed by atoms with Crippen molar-refractivity contribution < 1.29 is 0 Å². The fourth-order valence-corrected chi connectivity index (χ4v) is 2.92. The lowest BCUT2D eigenvalue weighted by molar-refractivity contribution is 0.549. The zero-order valence-corrected chi connectivity index (χ0v) is 12.2. The fourth-order valence-electron chi connectivity index (χ4n) is 1.89. The van der Waals surface area contributed by atoms with Crippen LogP contribution in [0.4, 0.5) is 0 Å². The van der Waals surface area contributed by atoms with E-state index in [9.17, 15) is 0 Å². The molecule has 2 rings (SSSR count). The zero-order valence-electron chi connectivity index (χ0n) is 11.4. The lowest BCUT2D eigenvalue weighted by Gasteiger charge is -2.15. The Hall–Kier alpha value is -1.33. The van der Waals surface area contributed by atoms with Crippen molar-refractivity contribution in [1.82, 2.24) is 20.1 Å². The molecule has 0 radical (unpaired) electrons. The second-order valence-electron chi connectivity index (χ2n) is 4.31. The lowest BCUT2D eigenvalue weighted by atomic mass is 10.2. The van der Waals surface area contributed by atoms with Crippen LogP contribution in [0.5, 0.6) is 0 Å². The Morgan fingerprint density at radius 2 is 2.11 bits per heavy atom. The highest BCUT2D eigenvalue weighted by Crippen LogP contribution is 2.18. The van der Waals surface area contributed by atoms with Crippen molar-refractivity contribution in [3.05, 3.63) is 42.5 Å². The van der Waals surface area contributed by atoms with Gasteiger partial charge in [-0.25, -0.2) is 4.98 Å². The van der Waals surface area contributed by atoms with E-state index in [1.165, 1.54) is 4.90 Å². The fraction of sp³-hybridized carbons (Fsp3) is 0.429. The van der Waals surface area contributed by atoms with Crippen LogP contribution in [0.15, 0.2) is 41.6 Å². The van der Waals surface area contributed by atoms with Crippen molar-refractivity contribution in [2.75, 3.05) is 12.8 Å². The maximum absolute atomic E-state index is 4.33. The summed E-state index contributed by atoms with van der Waals surface area (Å²) in [7, 11) is 2.00. The lowest BCUT2D eigenvalue weighted by Crippen LogP contribution is -2.31. The Labute approximate surface area is 118 Å². The first-order valence-electron chi connectivity index (χ1n) is 6.55. The minimum absolute atomic E-state index is 0.403. The molecule has 1 aromatic carbocycles. The molecule has 102 valence electrons. The van der Waals surface area contributed by atoms with Gasteiger partial charge < -0.3 is 5.32 Å². The summed E-state index contributed by atoms with van der Waals surface area (Å²) in [5.74, 6) is 2.08. The minimum Gasteiger partial charge on any atom is -0.316 e. The highest BCUT2D eigenvalue weighted by molar-refractivity contribution is 7.99. The molecule has 0 saturated carbocycles. The number of benzene rings is 1. The van der Waals surface area contributed by atoms with Crippen LogP contribution < -0.4 is 5.32 Å². The van der Waals surface area contributed by atoms with Crippen LogP contribution in [-0.4, -0.2) is 33.6 Å². The van der Waals surface area contributed by atoms with Gasteiger partial charge in [-0.2, -0.15) is 5.10 Å². The number of aryl methyl sites for hydroxylation is 1. The van der Waals surface area contributed by atoms with Crippen molar-refractivity contribution in [3.63, 3.8) is 0 Å².